The molecule has 0 saturated heterocycles. The highest BCUT2D eigenvalue weighted by atomic mass is 16.5. The van der Waals surface area contributed by atoms with E-state index in [0.717, 1.165) is 24.4 Å². The summed E-state index contributed by atoms with van der Waals surface area (Å²) in [5.41, 5.74) is 2.75. The van der Waals surface area contributed by atoms with E-state index in [4.69, 9.17) is 14.5 Å². The molecule has 0 N–H and O–H groups in total. The van der Waals surface area contributed by atoms with Crippen molar-refractivity contribution >= 4 is 10.9 Å². The van der Waals surface area contributed by atoms with Crippen molar-refractivity contribution in [2.24, 2.45) is 5.92 Å². The third kappa shape index (κ3) is 3.61. The highest BCUT2D eigenvalue weighted by Gasteiger charge is 2.38. The maximum atomic E-state index is 13.5. The maximum absolute atomic E-state index is 13.5. The summed E-state index contributed by atoms with van der Waals surface area (Å²) < 4.78 is 12.6. The molecule has 0 unspecified atom stereocenters. The molecule has 0 spiro atoms. The van der Waals surface area contributed by atoms with Gasteiger partial charge in [0.15, 0.2) is 11.5 Å². The molecule has 4 rings (SSSR count). The molecule has 1 saturated carbocycles. The molecule has 0 aliphatic heterocycles. The Kier molecular flexibility index (Phi) is 5.31. The van der Waals surface area contributed by atoms with E-state index in [0.29, 0.717) is 34.2 Å². The van der Waals surface area contributed by atoms with Crippen LogP contribution in [-0.4, -0.2) is 23.8 Å². The average molecular weight is 392 g/mol. The van der Waals surface area contributed by atoms with E-state index in [-0.39, 0.29) is 5.56 Å². The maximum Gasteiger partial charge on any atom is 0.266 e. The fraction of sp³-hybridized carbons (Fsp3) is 0.417. The predicted molar refractivity (Wildman–Crippen MR) is 116 cm³/mol. The van der Waals surface area contributed by atoms with Crippen molar-refractivity contribution in [1.82, 2.24) is 9.55 Å². The molecule has 1 heterocycles. The van der Waals surface area contributed by atoms with Gasteiger partial charge in [0.05, 0.1) is 30.8 Å². The van der Waals surface area contributed by atoms with Gasteiger partial charge in [0.1, 0.15) is 5.82 Å². The lowest BCUT2D eigenvalue weighted by Crippen LogP contribution is -2.24. The molecule has 152 valence electrons. The second-order valence-corrected chi connectivity index (χ2v) is 7.92. The number of nitrogens with zero attached hydrogens (tertiary/aromatic N) is 2. The average Bonchev–Trinajstić information content (AvgIpc) is 3.48. The van der Waals surface area contributed by atoms with Crippen molar-refractivity contribution in [3.8, 4) is 17.2 Å². The minimum Gasteiger partial charge on any atom is -0.493 e. The van der Waals surface area contributed by atoms with Gasteiger partial charge in [-0.25, -0.2) is 4.98 Å². The smallest absolute Gasteiger partial charge is 0.266 e. The minimum absolute atomic E-state index is 0.0636. The minimum atomic E-state index is -0.0636. The number of unbranched alkanes of at least 4 members (excludes halogenated alkanes) is 1. The fourth-order valence-electron chi connectivity index (χ4n) is 3.90. The zero-order chi connectivity index (χ0) is 20.5. The van der Waals surface area contributed by atoms with Gasteiger partial charge in [0.2, 0.25) is 0 Å². The second-order valence-electron chi connectivity index (χ2n) is 7.92. The Hall–Kier alpha value is -2.82. The first kappa shape index (κ1) is 19.5. The van der Waals surface area contributed by atoms with Crippen LogP contribution in [0, 0.1) is 5.92 Å². The molecule has 0 amide bonds. The van der Waals surface area contributed by atoms with Crippen LogP contribution in [0.15, 0.2) is 41.2 Å². The second kappa shape index (κ2) is 7.90. The van der Waals surface area contributed by atoms with Gasteiger partial charge >= 0.3 is 0 Å². The number of ether oxygens (including phenoxy) is 2. The fourth-order valence-corrected chi connectivity index (χ4v) is 3.90. The Balaban J connectivity index is 1.89. The van der Waals surface area contributed by atoms with E-state index in [1.807, 2.05) is 12.1 Å². The predicted octanol–water partition coefficient (Wildman–Crippen LogP) is 4.87. The topological polar surface area (TPSA) is 53.4 Å². The van der Waals surface area contributed by atoms with Crippen molar-refractivity contribution < 1.29 is 9.47 Å². The van der Waals surface area contributed by atoms with Crippen LogP contribution in [0.25, 0.3) is 16.6 Å². The lowest BCUT2D eigenvalue weighted by molar-refractivity contribution is 0.355. The zero-order valence-electron chi connectivity index (χ0n) is 17.6. The zero-order valence-corrected chi connectivity index (χ0v) is 17.6. The van der Waals surface area contributed by atoms with Crippen LogP contribution in [0.1, 0.15) is 50.4 Å². The number of rotatable bonds is 7. The van der Waals surface area contributed by atoms with Crippen molar-refractivity contribution in [3.63, 3.8) is 0 Å². The summed E-state index contributed by atoms with van der Waals surface area (Å²) in [5.74, 6) is 2.80. The van der Waals surface area contributed by atoms with E-state index in [1.165, 1.54) is 18.4 Å². The molecule has 1 aliphatic rings. The number of hydrogen-bond donors (Lipinski definition) is 0. The molecule has 2 aromatic carbocycles. The quantitative estimate of drug-likeness (QED) is 0.576. The van der Waals surface area contributed by atoms with E-state index in [9.17, 15) is 4.79 Å². The first-order valence-electron chi connectivity index (χ1n) is 10.3. The summed E-state index contributed by atoms with van der Waals surface area (Å²) in [5, 5.41) is 0.537. The van der Waals surface area contributed by atoms with Gasteiger partial charge in [-0.3, -0.25) is 9.36 Å². The lowest BCUT2D eigenvalue weighted by atomic mass is 10.1. The van der Waals surface area contributed by atoms with Crippen LogP contribution < -0.4 is 15.0 Å². The van der Waals surface area contributed by atoms with Gasteiger partial charge < -0.3 is 9.47 Å². The van der Waals surface area contributed by atoms with E-state index >= 15 is 0 Å². The van der Waals surface area contributed by atoms with Crippen molar-refractivity contribution in [2.45, 2.75) is 45.4 Å². The number of aryl methyl sites for hydroxylation is 1. The first-order chi connectivity index (χ1) is 14.1. The molecular weight excluding hydrogens is 364 g/mol. The van der Waals surface area contributed by atoms with Crippen LogP contribution >= 0.6 is 0 Å². The van der Waals surface area contributed by atoms with Crippen LogP contribution in [0.4, 0.5) is 0 Å². The Labute approximate surface area is 171 Å². The third-order valence-corrected chi connectivity index (χ3v) is 5.85. The number of methoxy groups -OCH3 is 2. The molecule has 3 aromatic rings. The third-order valence-electron chi connectivity index (χ3n) is 5.85. The molecular formula is C24H28N2O3. The molecule has 1 aliphatic carbocycles. The largest absolute Gasteiger partial charge is 0.493 e. The number of hydrogen-bond acceptors (Lipinski definition) is 4. The van der Waals surface area contributed by atoms with E-state index in [2.05, 4.69) is 26.0 Å². The summed E-state index contributed by atoms with van der Waals surface area (Å²) in [6, 6.07) is 11.8. The summed E-state index contributed by atoms with van der Waals surface area (Å²) in [4.78, 5) is 18.4. The molecule has 5 nitrogen and oxygen atoms in total. The van der Waals surface area contributed by atoms with Crippen LogP contribution in [0.5, 0.6) is 11.5 Å². The molecule has 2 atom stereocenters. The number of benzene rings is 2. The number of aromatic nitrogens is 2. The monoisotopic (exact) mass is 392 g/mol. The van der Waals surface area contributed by atoms with E-state index < -0.39 is 0 Å². The molecule has 0 bridgehead atoms. The van der Waals surface area contributed by atoms with Gasteiger partial charge in [-0.2, -0.15) is 0 Å². The van der Waals surface area contributed by atoms with E-state index in [1.54, 1.807) is 30.9 Å². The van der Waals surface area contributed by atoms with Gasteiger partial charge in [0.25, 0.3) is 5.56 Å². The summed E-state index contributed by atoms with van der Waals surface area (Å²) in [6.45, 7) is 4.40. The summed E-state index contributed by atoms with van der Waals surface area (Å²) in [6.07, 6.45) is 4.46. The van der Waals surface area contributed by atoms with Gasteiger partial charge in [-0.05, 0) is 48.9 Å². The standard InChI is InChI=1S/C24H28N2O3/c1-5-6-7-16-8-10-17(11-9-16)26-23(18-12-15(18)2)25-20-14-22(29-4)21(28-3)13-19(20)24(26)27/h8-11,13-15,18H,5-7,12H2,1-4H3/t15-,18-/m0/s1. The Morgan fingerprint density at radius 1 is 1.10 bits per heavy atom. The Bertz CT molecular complexity index is 1090. The van der Waals surface area contributed by atoms with Crippen LogP contribution in [0.2, 0.25) is 0 Å². The molecule has 1 fully saturated rings. The Morgan fingerprint density at radius 2 is 1.76 bits per heavy atom. The van der Waals surface area contributed by atoms with Gasteiger partial charge in [-0.15, -0.1) is 0 Å². The highest BCUT2D eigenvalue weighted by molar-refractivity contribution is 5.82. The van der Waals surface area contributed by atoms with Crippen molar-refractivity contribution in [1.29, 1.82) is 0 Å². The summed E-state index contributed by atoms with van der Waals surface area (Å²) in [7, 11) is 3.17. The molecule has 29 heavy (non-hydrogen) atoms. The molecule has 1 aromatic heterocycles. The number of fused-ring (bicyclic) bond motifs is 1. The van der Waals surface area contributed by atoms with Gasteiger partial charge in [-0.1, -0.05) is 32.4 Å². The molecule has 5 heteroatoms. The van der Waals surface area contributed by atoms with Crippen LogP contribution in [-0.2, 0) is 6.42 Å². The van der Waals surface area contributed by atoms with Crippen molar-refractivity contribution in [3.05, 3.63) is 58.1 Å². The summed E-state index contributed by atoms with van der Waals surface area (Å²) >= 11 is 0. The molecule has 0 radical (unpaired) electrons. The highest BCUT2D eigenvalue weighted by Crippen LogP contribution is 2.46. The lowest BCUT2D eigenvalue weighted by Gasteiger charge is -2.15. The van der Waals surface area contributed by atoms with Gasteiger partial charge in [0, 0.05) is 12.0 Å². The SMILES string of the molecule is CCCCc1ccc(-n2c([C@H]3C[C@@H]3C)nc3cc(OC)c(OC)cc3c2=O)cc1. The van der Waals surface area contributed by atoms with Crippen molar-refractivity contribution in [2.75, 3.05) is 14.2 Å². The first-order valence-corrected chi connectivity index (χ1v) is 10.3. The Morgan fingerprint density at radius 3 is 2.34 bits per heavy atom. The normalized spacial score (nSPS) is 18.1. The van der Waals surface area contributed by atoms with Crippen LogP contribution in [0.3, 0.4) is 0 Å².